The lowest BCUT2D eigenvalue weighted by Crippen LogP contribution is -2.18. The van der Waals surface area contributed by atoms with Crippen molar-refractivity contribution in [1.82, 2.24) is 19.5 Å². The molecular weight excluding hydrogens is 362 g/mol. The van der Waals surface area contributed by atoms with Crippen LogP contribution in [0.2, 0.25) is 0 Å². The normalized spacial score (nSPS) is 11.2. The summed E-state index contributed by atoms with van der Waals surface area (Å²) >= 11 is 0. The first kappa shape index (κ1) is 17.2. The largest absolute Gasteiger partial charge is 0.341 e. The monoisotopic (exact) mass is 381 g/mol. The minimum Gasteiger partial charge on any atom is -0.341 e. The minimum atomic E-state index is -0.0473. The first-order valence-electron chi connectivity index (χ1n) is 9.37. The first-order valence-corrected chi connectivity index (χ1v) is 9.37. The maximum atomic E-state index is 13.1. The summed E-state index contributed by atoms with van der Waals surface area (Å²) < 4.78 is 1.68. The summed E-state index contributed by atoms with van der Waals surface area (Å²) in [5.41, 5.74) is 5.30. The quantitative estimate of drug-likeness (QED) is 0.481. The van der Waals surface area contributed by atoms with Crippen molar-refractivity contribution in [3.63, 3.8) is 0 Å². The zero-order chi connectivity index (χ0) is 20.0. The van der Waals surface area contributed by atoms with Gasteiger partial charge in [0.1, 0.15) is 5.65 Å². The van der Waals surface area contributed by atoms with Crippen molar-refractivity contribution in [2.24, 2.45) is 7.05 Å². The van der Waals surface area contributed by atoms with E-state index < -0.39 is 0 Å². The number of nitrogens with zero attached hydrogens (tertiary/aromatic N) is 3. The van der Waals surface area contributed by atoms with E-state index in [1.165, 1.54) is 5.56 Å². The van der Waals surface area contributed by atoms with Crippen LogP contribution in [0.15, 0.2) is 71.8 Å². The van der Waals surface area contributed by atoms with Gasteiger partial charge in [0.2, 0.25) is 5.95 Å². The Balaban J connectivity index is 1.68. The van der Waals surface area contributed by atoms with Gasteiger partial charge >= 0.3 is 0 Å². The zero-order valence-corrected chi connectivity index (χ0v) is 16.1. The van der Waals surface area contributed by atoms with Crippen LogP contribution < -0.4 is 10.9 Å². The Morgan fingerprint density at radius 2 is 1.79 bits per heavy atom. The average Bonchev–Trinajstić information content (AvgIpc) is 3.09. The molecule has 0 aliphatic carbocycles. The zero-order valence-electron chi connectivity index (χ0n) is 16.1. The van der Waals surface area contributed by atoms with E-state index in [0.717, 1.165) is 33.2 Å². The molecule has 142 valence electrons. The summed E-state index contributed by atoms with van der Waals surface area (Å²) in [4.78, 5) is 24.9. The highest BCUT2D eigenvalue weighted by Crippen LogP contribution is 2.29. The van der Waals surface area contributed by atoms with Gasteiger partial charge in [0, 0.05) is 47.0 Å². The first-order chi connectivity index (χ1) is 14.1. The second kappa shape index (κ2) is 6.60. The molecule has 0 saturated carbocycles. The molecule has 0 aliphatic heterocycles. The number of aromatic nitrogens is 4. The van der Waals surface area contributed by atoms with E-state index in [4.69, 9.17) is 0 Å². The topological polar surface area (TPSA) is 75.6 Å². The molecule has 2 aromatic carbocycles. The molecule has 3 heterocycles. The number of anilines is 2. The molecule has 5 rings (SSSR count). The van der Waals surface area contributed by atoms with Crippen LogP contribution in [0.4, 0.5) is 11.6 Å². The third-order valence-corrected chi connectivity index (χ3v) is 5.13. The molecule has 0 unspecified atom stereocenters. The van der Waals surface area contributed by atoms with Gasteiger partial charge in [-0.15, -0.1) is 0 Å². The maximum absolute atomic E-state index is 13.1. The fourth-order valence-electron chi connectivity index (χ4n) is 3.68. The predicted octanol–water partition coefficient (Wildman–Crippen LogP) is 4.53. The van der Waals surface area contributed by atoms with Crippen molar-refractivity contribution >= 4 is 33.6 Å². The number of nitrogens with one attached hydrogen (secondary N) is 2. The third kappa shape index (κ3) is 2.95. The van der Waals surface area contributed by atoms with E-state index >= 15 is 0 Å². The van der Waals surface area contributed by atoms with E-state index in [1.54, 1.807) is 30.1 Å². The van der Waals surface area contributed by atoms with E-state index in [2.05, 4.69) is 45.4 Å². The van der Waals surface area contributed by atoms with Gasteiger partial charge in [0.15, 0.2) is 0 Å². The molecule has 0 aliphatic rings. The lowest BCUT2D eigenvalue weighted by molar-refractivity contribution is 0.896. The van der Waals surface area contributed by atoms with Gasteiger partial charge in [-0.1, -0.05) is 23.8 Å². The lowest BCUT2D eigenvalue weighted by Gasteiger charge is -2.09. The summed E-state index contributed by atoms with van der Waals surface area (Å²) in [7, 11) is 1.80. The van der Waals surface area contributed by atoms with Gasteiger partial charge < -0.3 is 10.3 Å². The Kier molecular flexibility index (Phi) is 3.91. The SMILES string of the molecule is Cc1ccc2[nH]c3c(cc(-c4cccc(Nc5ncccn5)c4)c(=O)n3C)c2c1. The fraction of sp³-hybridized carbons (Fsp3) is 0.0870. The van der Waals surface area contributed by atoms with Crippen LogP contribution in [-0.4, -0.2) is 19.5 Å². The second-order valence-corrected chi connectivity index (χ2v) is 7.14. The van der Waals surface area contributed by atoms with Crippen LogP contribution in [0.1, 0.15) is 5.56 Å². The van der Waals surface area contributed by atoms with Crippen LogP contribution in [0.3, 0.4) is 0 Å². The molecule has 0 bridgehead atoms. The molecule has 6 nitrogen and oxygen atoms in total. The Morgan fingerprint density at radius 1 is 0.966 bits per heavy atom. The van der Waals surface area contributed by atoms with E-state index in [-0.39, 0.29) is 5.56 Å². The molecule has 5 aromatic rings. The van der Waals surface area contributed by atoms with E-state index in [9.17, 15) is 4.79 Å². The number of pyridine rings is 1. The average molecular weight is 381 g/mol. The lowest BCUT2D eigenvalue weighted by atomic mass is 10.0. The van der Waals surface area contributed by atoms with Crippen molar-refractivity contribution in [3.05, 3.63) is 82.9 Å². The summed E-state index contributed by atoms with van der Waals surface area (Å²) in [6.45, 7) is 2.07. The molecule has 2 N–H and O–H groups in total. The highest BCUT2D eigenvalue weighted by Gasteiger charge is 2.14. The predicted molar refractivity (Wildman–Crippen MR) is 117 cm³/mol. The number of aryl methyl sites for hydroxylation is 2. The second-order valence-electron chi connectivity index (χ2n) is 7.14. The molecule has 0 atom stereocenters. The highest BCUT2D eigenvalue weighted by molar-refractivity contribution is 6.07. The molecule has 0 saturated heterocycles. The van der Waals surface area contributed by atoms with Gasteiger partial charge in [0.05, 0.1) is 0 Å². The summed E-state index contributed by atoms with van der Waals surface area (Å²) in [6.07, 6.45) is 3.36. The molecular formula is C23H19N5O. The molecule has 3 aromatic heterocycles. The summed E-state index contributed by atoms with van der Waals surface area (Å²) in [5.74, 6) is 0.514. The molecule has 0 fully saturated rings. The Morgan fingerprint density at radius 3 is 2.62 bits per heavy atom. The number of fused-ring (bicyclic) bond motifs is 3. The molecule has 6 heteroatoms. The van der Waals surface area contributed by atoms with Crippen LogP contribution in [0, 0.1) is 6.92 Å². The Labute approximate surface area is 166 Å². The van der Waals surface area contributed by atoms with Crippen molar-refractivity contribution in [2.75, 3.05) is 5.32 Å². The Bertz CT molecular complexity index is 1420. The number of hydrogen-bond acceptors (Lipinski definition) is 4. The third-order valence-electron chi connectivity index (χ3n) is 5.13. The number of hydrogen-bond donors (Lipinski definition) is 2. The molecule has 0 spiro atoms. The number of H-pyrrole nitrogens is 1. The number of aromatic amines is 1. The van der Waals surface area contributed by atoms with Crippen molar-refractivity contribution < 1.29 is 0 Å². The van der Waals surface area contributed by atoms with Gasteiger partial charge in [0.25, 0.3) is 5.56 Å². The Hall–Kier alpha value is -3.93. The highest BCUT2D eigenvalue weighted by atomic mass is 16.1. The van der Waals surface area contributed by atoms with E-state index in [1.807, 2.05) is 30.3 Å². The van der Waals surface area contributed by atoms with Crippen molar-refractivity contribution in [1.29, 1.82) is 0 Å². The van der Waals surface area contributed by atoms with Crippen LogP contribution >= 0.6 is 0 Å². The molecule has 0 amide bonds. The van der Waals surface area contributed by atoms with Crippen LogP contribution in [0.5, 0.6) is 0 Å². The van der Waals surface area contributed by atoms with Crippen LogP contribution in [0.25, 0.3) is 33.1 Å². The maximum Gasteiger partial charge on any atom is 0.259 e. The molecule has 29 heavy (non-hydrogen) atoms. The van der Waals surface area contributed by atoms with Gasteiger partial charge in [-0.25, -0.2) is 9.97 Å². The minimum absolute atomic E-state index is 0.0473. The summed E-state index contributed by atoms with van der Waals surface area (Å²) in [6, 6.07) is 17.8. The standard InChI is InChI=1S/C23H19N5O/c1-14-7-8-20-18(11-14)19-13-17(22(29)28(2)21(19)27-20)15-5-3-6-16(12-15)26-23-24-9-4-10-25-23/h3-13,27H,1-2H3,(H,24,25,26). The molecule has 0 radical (unpaired) electrons. The number of rotatable bonds is 3. The summed E-state index contributed by atoms with van der Waals surface area (Å²) in [5, 5.41) is 5.33. The van der Waals surface area contributed by atoms with Crippen LogP contribution in [-0.2, 0) is 7.05 Å². The smallest absolute Gasteiger partial charge is 0.259 e. The van der Waals surface area contributed by atoms with Gasteiger partial charge in [-0.3, -0.25) is 9.36 Å². The van der Waals surface area contributed by atoms with Gasteiger partial charge in [-0.05, 0) is 48.9 Å². The number of benzene rings is 2. The van der Waals surface area contributed by atoms with Gasteiger partial charge in [-0.2, -0.15) is 0 Å². The van der Waals surface area contributed by atoms with Crippen molar-refractivity contribution in [2.45, 2.75) is 6.92 Å². The van der Waals surface area contributed by atoms with Crippen molar-refractivity contribution in [3.8, 4) is 11.1 Å². The van der Waals surface area contributed by atoms with E-state index in [0.29, 0.717) is 11.5 Å². The fourth-order valence-corrected chi connectivity index (χ4v) is 3.68.